The van der Waals surface area contributed by atoms with Crippen LogP contribution >= 0.6 is 11.6 Å². The van der Waals surface area contributed by atoms with Crippen LogP contribution < -0.4 is 9.04 Å². The molecule has 0 unspecified atom stereocenters. The van der Waals surface area contributed by atoms with Gasteiger partial charge in [-0.15, -0.1) is 0 Å². The van der Waals surface area contributed by atoms with Crippen molar-refractivity contribution in [2.45, 2.75) is 24.3 Å². The van der Waals surface area contributed by atoms with Crippen LogP contribution in [-0.4, -0.2) is 21.6 Å². The number of hydrogen-bond acceptors (Lipinski definition) is 3. The molecule has 0 spiro atoms. The zero-order valence-electron chi connectivity index (χ0n) is 12.5. The van der Waals surface area contributed by atoms with Crippen LogP contribution in [-0.2, 0) is 16.4 Å². The van der Waals surface area contributed by atoms with Gasteiger partial charge in [-0.1, -0.05) is 29.8 Å². The van der Waals surface area contributed by atoms with Gasteiger partial charge in [0.1, 0.15) is 5.75 Å². The lowest BCUT2D eigenvalue weighted by Gasteiger charge is -2.30. The number of sulfonamides is 1. The summed E-state index contributed by atoms with van der Waals surface area (Å²) in [7, 11) is -3.84. The van der Waals surface area contributed by atoms with Crippen molar-refractivity contribution in [1.82, 2.24) is 0 Å². The fourth-order valence-electron chi connectivity index (χ4n) is 2.71. The molecular weight excluding hydrogens is 360 g/mol. The minimum absolute atomic E-state index is 0.0641. The Bertz CT molecular complexity index is 858. The predicted molar refractivity (Wildman–Crippen MR) is 87.4 cm³/mol. The predicted octanol–water partition coefficient (Wildman–Crippen LogP) is 4.08. The topological polar surface area (TPSA) is 46.6 Å². The number of rotatable bonds is 4. The number of aryl methyl sites for hydroxylation is 1. The Labute approximate surface area is 143 Å². The van der Waals surface area contributed by atoms with Gasteiger partial charge in [0.25, 0.3) is 10.0 Å². The van der Waals surface area contributed by atoms with Crippen LogP contribution in [0.5, 0.6) is 5.75 Å². The van der Waals surface area contributed by atoms with Crippen LogP contribution in [0, 0.1) is 0 Å². The standard InChI is InChI=1S/C16H14ClF2NO3S/c17-13-10-12(7-8-15(13)23-16(18)19)24(21,22)20-9-3-5-11-4-1-2-6-14(11)20/h1-2,4,6-8,10,16H,3,5,9H2. The Balaban J connectivity index is 1.99. The number of halogens is 3. The third kappa shape index (κ3) is 3.18. The Morgan fingerprint density at radius 2 is 1.92 bits per heavy atom. The smallest absolute Gasteiger partial charge is 0.387 e. The van der Waals surface area contributed by atoms with Gasteiger partial charge in [0.2, 0.25) is 0 Å². The minimum atomic E-state index is -3.84. The summed E-state index contributed by atoms with van der Waals surface area (Å²) < 4.78 is 56.0. The lowest BCUT2D eigenvalue weighted by atomic mass is 10.0. The van der Waals surface area contributed by atoms with Crippen LogP contribution in [0.4, 0.5) is 14.5 Å². The highest BCUT2D eigenvalue weighted by Crippen LogP contribution is 2.34. The van der Waals surface area contributed by atoms with Gasteiger partial charge in [0, 0.05) is 6.54 Å². The number of alkyl halides is 2. The molecule has 0 aliphatic carbocycles. The van der Waals surface area contributed by atoms with Crippen LogP contribution in [0.25, 0.3) is 0 Å². The van der Waals surface area contributed by atoms with Crippen LogP contribution in [0.2, 0.25) is 5.02 Å². The highest BCUT2D eigenvalue weighted by Gasteiger charge is 2.29. The monoisotopic (exact) mass is 373 g/mol. The fraction of sp³-hybridized carbons (Fsp3) is 0.250. The SMILES string of the molecule is O=S(=O)(c1ccc(OC(F)F)c(Cl)c1)N1CCCc2ccccc21. The number of hydrogen-bond donors (Lipinski definition) is 0. The van der Waals surface area contributed by atoms with E-state index < -0.39 is 16.6 Å². The van der Waals surface area contributed by atoms with E-state index in [9.17, 15) is 17.2 Å². The quantitative estimate of drug-likeness (QED) is 0.811. The molecule has 0 saturated heterocycles. The van der Waals surface area contributed by atoms with Crippen molar-refractivity contribution in [2.24, 2.45) is 0 Å². The summed E-state index contributed by atoms with van der Waals surface area (Å²) in [4.78, 5) is -0.0641. The van der Waals surface area contributed by atoms with Gasteiger partial charge in [-0.05, 0) is 42.7 Å². The van der Waals surface area contributed by atoms with E-state index >= 15 is 0 Å². The molecule has 4 nitrogen and oxygen atoms in total. The largest absolute Gasteiger partial charge is 0.433 e. The normalized spacial score (nSPS) is 14.6. The molecule has 0 N–H and O–H groups in total. The summed E-state index contributed by atoms with van der Waals surface area (Å²) in [6.07, 6.45) is 1.51. The average Bonchev–Trinajstić information content (AvgIpc) is 2.55. The lowest BCUT2D eigenvalue weighted by molar-refractivity contribution is -0.0498. The Morgan fingerprint density at radius 1 is 1.17 bits per heavy atom. The van der Waals surface area contributed by atoms with Gasteiger partial charge in [-0.3, -0.25) is 4.31 Å². The number of para-hydroxylation sites is 1. The second-order valence-corrected chi connectivity index (χ2v) is 7.55. The first-order valence-electron chi connectivity index (χ1n) is 7.24. The first kappa shape index (κ1) is 17.0. The molecule has 128 valence electrons. The minimum Gasteiger partial charge on any atom is -0.433 e. The maximum absolute atomic E-state index is 12.9. The maximum atomic E-state index is 12.9. The van der Waals surface area contributed by atoms with Gasteiger partial charge >= 0.3 is 6.61 Å². The number of anilines is 1. The van der Waals surface area contributed by atoms with E-state index in [-0.39, 0.29) is 15.7 Å². The second kappa shape index (κ2) is 6.57. The second-order valence-electron chi connectivity index (χ2n) is 5.28. The highest BCUT2D eigenvalue weighted by atomic mass is 35.5. The van der Waals surface area contributed by atoms with Gasteiger partial charge in [-0.2, -0.15) is 8.78 Å². The Kier molecular flexibility index (Phi) is 4.64. The van der Waals surface area contributed by atoms with E-state index in [0.717, 1.165) is 24.1 Å². The fourth-order valence-corrected chi connectivity index (χ4v) is 4.57. The molecule has 1 aliphatic heterocycles. The van der Waals surface area contributed by atoms with Crippen molar-refractivity contribution in [3.05, 3.63) is 53.1 Å². The zero-order chi connectivity index (χ0) is 17.3. The molecule has 0 bridgehead atoms. The maximum Gasteiger partial charge on any atom is 0.387 e. The van der Waals surface area contributed by atoms with E-state index in [4.69, 9.17) is 11.6 Å². The van der Waals surface area contributed by atoms with Gasteiger partial charge in [-0.25, -0.2) is 8.42 Å². The molecule has 1 heterocycles. The van der Waals surface area contributed by atoms with Crippen molar-refractivity contribution in [2.75, 3.05) is 10.8 Å². The molecule has 0 aromatic heterocycles. The van der Waals surface area contributed by atoms with Crippen molar-refractivity contribution >= 4 is 27.3 Å². The van der Waals surface area contributed by atoms with Crippen molar-refractivity contribution in [3.63, 3.8) is 0 Å². The number of benzene rings is 2. The molecular formula is C16H14ClF2NO3S. The lowest BCUT2D eigenvalue weighted by Crippen LogP contribution is -2.35. The summed E-state index contributed by atoms with van der Waals surface area (Å²) in [5.41, 5.74) is 1.59. The van der Waals surface area contributed by atoms with Crippen molar-refractivity contribution in [1.29, 1.82) is 0 Å². The summed E-state index contributed by atoms with van der Waals surface area (Å²) >= 11 is 5.88. The number of fused-ring (bicyclic) bond motifs is 1. The van der Waals surface area contributed by atoms with Gasteiger partial charge < -0.3 is 4.74 Å². The van der Waals surface area contributed by atoms with Crippen LogP contribution in [0.1, 0.15) is 12.0 Å². The van der Waals surface area contributed by atoms with E-state index in [1.165, 1.54) is 10.4 Å². The first-order chi connectivity index (χ1) is 11.4. The summed E-state index contributed by atoms with van der Waals surface area (Å²) in [5, 5.41) is -0.179. The van der Waals surface area contributed by atoms with Crippen LogP contribution in [0.15, 0.2) is 47.4 Å². The zero-order valence-corrected chi connectivity index (χ0v) is 14.0. The molecule has 2 aromatic rings. The molecule has 0 atom stereocenters. The van der Waals surface area contributed by atoms with E-state index in [1.54, 1.807) is 12.1 Å². The third-order valence-corrected chi connectivity index (χ3v) is 5.88. The summed E-state index contributed by atoms with van der Waals surface area (Å²) in [6, 6.07) is 10.8. The first-order valence-corrected chi connectivity index (χ1v) is 9.06. The van der Waals surface area contributed by atoms with E-state index in [1.807, 2.05) is 12.1 Å². The highest BCUT2D eigenvalue weighted by molar-refractivity contribution is 7.92. The van der Waals surface area contributed by atoms with Gasteiger partial charge in [0.15, 0.2) is 0 Å². The molecule has 3 rings (SSSR count). The Morgan fingerprint density at radius 3 is 2.62 bits per heavy atom. The van der Waals surface area contributed by atoms with Crippen molar-refractivity contribution in [3.8, 4) is 5.75 Å². The molecule has 0 saturated carbocycles. The van der Waals surface area contributed by atoms with Crippen LogP contribution in [0.3, 0.4) is 0 Å². The molecule has 8 heteroatoms. The third-order valence-electron chi connectivity index (χ3n) is 3.78. The molecule has 2 aromatic carbocycles. The molecule has 0 fully saturated rings. The van der Waals surface area contributed by atoms with E-state index in [0.29, 0.717) is 18.7 Å². The molecule has 0 amide bonds. The number of ether oxygens (including phenoxy) is 1. The molecule has 0 radical (unpaired) electrons. The molecule has 24 heavy (non-hydrogen) atoms. The summed E-state index contributed by atoms with van der Waals surface area (Å²) in [6.45, 7) is -2.68. The molecule has 1 aliphatic rings. The number of nitrogens with zero attached hydrogens (tertiary/aromatic N) is 1. The van der Waals surface area contributed by atoms with E-state index in [2.05, 4.69) is 4.74 Å². The van der Waals surface area contributed by atoms with Crippen molar-refractivity contribution < 1.29 is 21.9 Å². The average molecular weight is 374 g/mol. The summed E-state index contributed by atoms with van der Waals surface area (Å²) in [5.74, 6) is -0.260. The van der Waals surface area contributed by atoms with Gasteiger partial charge in [0.05, 0.1) is 15.6 Å². The Hall–Kier alpha value is -1.86.